The molecule has 4 heteroatoms. The molecular formula is C15H27NO3. The molecule has 1 amide bonds. The zero-order valence-corrected chi connectivity index (χ0v) is 12.2. The summed E-state index contributed by atoms with van der Waals surface area (Å²) in [6.45, 7) is 3.82. The van der Waals surface area contributed by atoms with Gasteiger partial charge in [-0.05, 0) is 18.8 Å². The second-order valence-electron chi connectivity index (χ2n) is 5.75. The molecule has 0 aliphatic heterocycles. The van der Waals surface area contributed by atoms with Gasteiger partial charge in [0.15, 0.2) is 0 Å². The normalized spacial score (nSPS) is 20.9. The summed E-state index contributed by atoms with van der Waals surface area (Å²) in [4.78, 5) is 23.5. The van der Waals surface area contributed by atoms with Gasteiger partial charge in [-0.15, -0.1) is 0 Å². The van der Waals surface area contributed by atoms with E-state index in [4.69, 9.17) is 0 Å². The molecule has 2 atom stereocenters. The van der Waals surface area contributed by atoms with Crippen molar-refractivity contribution in [2.75, 3.05) is 0 Å². The van der Waals surface area contributed by atoms with Crippen molar-refractivity contribution in [3.63, 3.8) is 0 Å². The number of carbonyl (C=O) groups is 2. The van der Waals surface area contributed by atoms with Crippen molar-refractivity contribution < 1.29 is 14.7 Å². The van der Waals surface area contributed by atoms with Crippen LogP contribution in [0.5, 0.6) is 0 Å². The fourth-order valence-corrected chi connectivity index (χ4v) is 2.67. The van der Waals surface area contributed by atoms with Gasteiger partial charge in [-0.1, -0.05) is 52.4 Å². The van der Waals surface area contributed by atoms with Crippen molar-refractivity contribution in [2.45, 2.75) is 71.3 Å². The van der Waals surface area contributed by atoms with Crippen LogP contribution in [0.25, 0.3) is 0 Å². The summed E-state index contributed by atoms with van der Waals surface area (Å²) in [6, 6.07) is -0.747. The first-order chi connectivity index (χ1) is 9.06. The molecule has 1 aliphatic rings. The number of rotatable bonds is 5. The van der Waals surface area contributed by atoms with E-state index in [0.717, 1.165) is 32.1 Å². The van der Waals surface area contributed by atoms with Gasteiger partial charge in [-0.3, -0.25) is 4.79 Å². The van der Waals surface area contributed by atoms with E-state index in [9.17, 15) is 14.7 Å². The van der Waals surface area contributed by atoms with Crippen molar-refractivity contribution in [2.24, 2.45) is 11.8 Å². The monoisotopic (exact) mass is 269 g/mol. The Labute approximate surface area is 116 Å². The summed E-state index contributed by atoms with van der Waals surface area (Å²) in [5.74, 6) is -1.01. The maximum Gasteiger partial charge on any atom is 0.326 e. The minimum absolute atomic E-state index is 0.00575. The molecule has 4 nitrogen and oxygen atoms in total. The molecule has 110 valence electrons. The zero-order valence-electron chi connectivity index (χ0n) is 12.2. The predicted octanol–water partition coefficient (Wildman–Crippen LogP) is 2.96. The Kier molecular flexibility index (Phi) is 6.89. The number of hydrogen-bond donors (Lipinski definition) is 2. The average Bonchev–Trinajstić information content (AvgIpc) is 2.34. The molecule has 1 rings (SSSR count). The smallest absolute Gasteiger partial charge is 0.326 e. The van der Waals surface area contributed by atoms with Crippen LogP contribution in [0.15, 0.2) is 0 Å². The lowest BCUT2D eigenvalue weighted by Crippen LogP contribution is -2.47. The molecule has 2 N–H and O–H groups in total. The summed E-state index contributed by atoms with van der Waals surface area (Å²) < 4.78 is 0. The minimum atomic E-state index is -0.923. The van der Waals surface area contributed by atoms with Crippen LogP contribution in [0.1, 0.15) is 65.2 Å². The van der Waals surface area contributed by atoms with Gasteiger partial charge in [0.2, 0.25) is 5.91 Å². The molecule has 0 spiro atoms. The van der Waals surface area contributed by atoms with Crippen molar-refractivity contribution in [1.82, 2.24) is 5.32 Å². The number of amides is 1. The Bertz CT molecular complexity index is 296. The van der Waals surface area contributed by atoms with Crippen LogP contribution in [-0.2, 0) is 9.59 Å². The van der Waals surface area contributed by atoms with Crippen molar-refractivity contribution in [1.29, 1.82) is 0 Å². The summed E-state index contributed by atoms with van der Waals surface area (Å²) in [7, 11) is 0. The van der Waals surface area contributed by atoms with E-state index in [1.165, 1.54) is 19.3 Å². The first kappa shape index (κ1) is 16.0. The predicted molar refractivity (Wildman–Crippen MR) is 74.8 cm³/mol. The quantitative estimate of drug-likeness (QED) is 0.806. The Morgan fingerprint density at radius 3 is 2.16 bits per heavy atom. The molecular weight excluding hydrogens is 242 g/mol. The third kappa shape index (κ3) is 5.21. The van der Waals surface area contributed by atoms with Gasteiger partial charge >= 0.3 is 5.97 Å². The van der Waals surface area contributed by atoms with E-state index in [-0.39, 0.29) is 17.7 Å². The lowest BCUT2D eigenvalue weighted by Gasteiger charge is -2.24. The van der Waals surface area contributed by atoms with Crippen molar-refractivity contribution in [3.8, 4) is 0 Å². The van der Waals surface area contributed by atoms with Crippen LogP contribution in [0.2, 0.25) is 0 Å². The summed E-state index contributed by atoms with van der Waals surface area (Å²) >= 11 is 0. The van der Waals surface area contributed by atoms with Gasteiger partial charge in [-0.2, -0.15) is 0 Å². The molecule has 0 heterocycles. The van der Waals surface area contributed by atoms with Crippen LogP contribution in [0.4, 0.5) is 0 Å². The second-order valence-corrected chi connectivity index (χ2v) is 5.75. The third-order valence-electron chi connectivity index (χ3n) is 4.25. The Balaban J connectivity index is 2.56. The van der Waals surface area contributed by atoms with E-state index in [1.807, 2.05) is 13.8 Å². The molecule has 1 unspecified atom stereocenters. The van der Waals surface area contributed by atoms with Crippen LogP contribution in [-0.4, -0.2) is 23.0 Å². The topological polar surface area (TPSA) is 66.4 Å². The van der Waals surface area contributed by atoms with Crippen LogP contribution in [0, 0.1) is 11.8 Å². The highest BCUT2D eigenvalue weighted by Crippen LogP contribution is 2.23. The largest absolute Gasteiger partial charge is 0.480 e. The van der Waals surface area contributed by atoms with Crippen LogP contribution in [0.3, 0.4) is 0 Å². The minimum Gasteiger partial charge on any atom is -0.480 e. The Morgan fingerprint density at radius 1 is 1.16 bits per heavy atom. The van der Waals surface area contributed by atoms with Gasteiger partial charge in [-0.25, -0.2) is 4.79 Å². The standard InChI is InChI=1S/C15H27NO3/c1-3-11(2)13(15(18)19)16-14(17)12-9-7-5-4-6-8-10-12/h11-13H,3-10H2,1-2H3,(H,16,17)(H,18,19)/t11?,13-/m0/s1. The number of nitrogens with one attached hydrogen (secondary N) is 1. The highest BCUT2D eigenvalue weighted by Gasteiger charge is 2.28. The molecule has 0 saturated heterocycles. The lowest BCUT2D eigenvalue weighted by molar-refractivity contribution is -0.144. The average molecular weight is 269 g/mol. The first-order valence-electron chi connectivity index (χ1n) is 7.59. The molecule has 1 aliphatic carbocycles. The Morgan fingerprint density at radius 2 is 1.68 bits per heavy atom. The molecule has 0 aromatic rings. The molecule has 0 aromatic heterocycles. The first-order valence-corrected chi connectivity index (χ1v) is 7.59. The molecule has 19 heavy (non-hydrogen) atoms. The molecule has 0 aromatic carbocycles. The summed E-state index contributed by atoms with van der Waals surface area (Å²) in [5, 5.41) is 12.0. The van der Waals surface area contributed by atoms with E-state index in [1.54, 1.807) is 0 Å². The van der Waals surface area contributed by atoms with Crippen LogP contribution < -0.4 is 5.32 Å². The molecule has 1 fully saturated rings. The Hall–Kier alpha value is -1.06. The highest BCUT2D eigenvalue weighted by molar-refractivity contribution is 5.85. The van der Waals surface area contributed by atoms with E-state index >= 15 is 0 Å². The van der Waals surface area contributed by atoms with Gasteiger partial charge < -0.3 is 10.4 Å². The van der Waals surface area contributed by atoms with Crippen molar-refractivity contribution >= 4 is 11.9 Å². The molecule has 0 radical (unpaired) electrons. The van der Waals surface area contributed by atoms with Crippen LogP contribution >= 0.6 is 0 Å². The van der Waals surface area contributed by atoms with Crippen molar-refractivity contribution in [3.05, 3.63) is 0 Å². The molecule has 1 saturated carbocycles. The second kappa shape index (κ2) is 8.18. The molecule has 0 bridgehead atoms. The highest BCUT2D eigenvalue weighted by atomic mass is 16.4. The third-order valence-corrected chi connectivity index (χ3v) is 4.25. The van der Waals surface area contributed by atoms with Gasteiger partial charge in [0, 0.05) is 5.92 Å². The van der Waals surface area contributed by atoms with Gasteiger partial charge in [0.05, 0.1) is 0 Å². The number of carboxylic acid groups (broad SMARTS) is 1. The number of aliphatic carboxylic acids is 1. The summed E-state index contributed by atoms with van der Waals surface area (Å²) in [6.07, 6.45) is 8.37. The summed E-state index contributed by atoms with van der Waals surface area (Å²) in [5.41, 5.74) is 0. The SMILES string of the molecule is CCC(C)[C@H](NC(=O)C1CCCCCCC1)C(=O)O. The van der Waals surface area contributed by atoms with Gasteiger partial charge in [0.1, 0.15) is 6.04 Å². The maximum atomic E-state index is 12.2. The number of hydrogen-bond acceptors (Lipinski definition) is 2. The van der Waals surface area contributed by atoms with E-state index in [2.05, 4.69) is 5.32 Å². The zero-order chi connectivity index (χ0) is 14.3. The lowest BCUT2D eigenvalue weighted by atomic mass is 9.89. The van der Waals surface area contributed by atoms with Gasteiger partial charge in [0.25, 0.3) is 0 Å². The van der Waals surface area contributed by atoms with E-state index < -0.39 is 12.0 Å². The number of carbonyl (C=O) groups excluding carboxylic acids is 1. The fraction of sp³-hybridized carbons (Fsp3) is 0.867. The maximum absolute atomic E-state index is 12.2. The number of carboxylic acids is 1. The van der Waals surface area contributed by atoms with E-state index in [0.29, 0.717) is 0 Å². The fourth-order valence-electron chi connectivity index (χ4n) is 2.67.